The lowest BCUT2D eigenvalue weighted by molar-refractivity contribution is -0.384. The van der Waals surface area contributed by atoms with Crippen molar-refractivity contribution in [3.63, 3.8) is 0 Å². The molecule has 2 fully saturated rings. The molecule has 0 atom stereocenters. The van der Waals surface area contributed by atoms with Crippen molar-refractivity contribution < 1.29 is 14.5 Å². The maximum atomic E-state index is 14.3. The SMILES string of the molecule is CCN(CC)CCCN(C(=O)c1cccc([N+](=O)[O-])c1)C(C(N)=O)(C1CCCCC1)C1CCCCC1. The minimum atomic E-state index is -1.06. The summed E-state index contributed by atoms with van der Waals surface area (Å²) in [4.78, 5) is 43.0. The molecule has 36 heavy (non-hydrogen) atoms. The fourth-order valence-corrected chi connectivity index (χ4v) is 6.75. The lowest BCUT2D eigenvalue weighted by atomic mass is 9.62. The van der Waals surface area contributed by atoms with Gasteiger partial charge < -0.3 is 15.5 Å². The van der Waals surface area contributed by atoms with Crippen molar-refractivity contribution >= 4 is 17.5 Å². The number of carbonyl (C=O) groups excluding carboxylic acids is 2. The normalized spacial score (nSPS) is 17.8. The Bertz CT molecular complexity index is 871. The van der Waals surface area contributed by atoms with E-state index in [0.717, 1.165) is 90.3 Å². The molecule has 2 N–H and O–H groups in total. The van der Waals surface area contributed by atoms with Crippen LogP contribution in [0.4, 0.5) is 5.69 Å². The maximum Gasteiger partial charge on any atom is 0.270 e. The average Bonchev–Trinajstić information content (AvgIpc) is 2.91. The highest BCUT2D eigenvalue weighted by Gasteiger charge is 2.55. The van der Waals surface area contributed by atoms with Crippen molar-refractivity contribution in [3.05, 3.63) is 39.9 Å². The molecule has 8 heteroatoms. The first-order valence-corrected chi connectivity index (χ1v) is 13.9. The van der Waals surface area contributed by atoms with Crippen LogP contribution >= 0.6 is 0 Å². The number of primary amides is 1. The Balaban J connectivity index is 2.09. The van der Waals surface area contributed by atoms with E-state index in [4.69, 9.17) is 5.73 Å². The third-order valence-electron chi connectivity index (χ3n) is 8.60. The topological polar surface area (TPSA) is 110 Å². The molecule has 2 aliphatic rings. The van der Waals surface area contributed by atoms with Crippen molar-refractivity contribution in [2.75, 3.05) is 26.2 Å². The van der Waals surface area contributed by atoms with Gasteiger partial charge in [0.15, 0.2) is 0 Å². The van der Waals surface area contributed by atoms with E-state index >= 15 is 0 Å². The van der Waals surface area contributed by atoms with Gasteiger partial charge in [0.1, 0.15) is 5.54 Å². The predicted octanol–water partition coefficient (Wildman–Crippen LogP) is 5.15. The Hall–Kier alpha value is -2.48. The Morgan fingerprint density at radius 2 is 1.53 bits per heavy atom. The molecule has 1 aromatic rings. The zero-order chi connectivity index (χ0) is 26.1. The minimum absolute atomic E-state index is 0.0166. The number of hydrogen-bond donors (Lipinski definition) is 1. The molecule has 2 saturated carbocycles. The van der Waals surface area contributed by atoms with Crippen molar-refractivity contribution in [1.82, 2.24) is 9.80 Å². The number of hydrogen-bond acceptors (Lipinski definition) is 5. The number of nitro benzene ring substituents is 1. The van der Waals surface area contributed by atoms with Gasteiger partial charge in [-0.25, -0.2) is 0 Å². The largest absolute Gasteiger partial charge is 0.368 e. The van der Waals surface area contributed by atoms with Gasteiger partial charge in [-0.3, -0.25) is 19.7 Å². The molecular formula is C28H44N4O4. The van der Waals surface area contributed by atoms with Crippen LogP contribution in [0.15, 0.2) is 24.3 Å². The summed E-state index contributed by atoms with van der Waals surface area (Å²) in [5, 5.41) is 11.5. The van der Waals surface area contributed by atoms with E-state index in [1.807, 2.05) is 0 Å². The van der Waals surface area contributed by atoms with Gasteiger partial charge in [-0.05, 0) is 69.6 Å². The molecule has 0 unspecified atom stereocenters. The van der Waals surface area contributed by atoms with Crippen molar-refractivity contribution in [2.45, 2.75) is 90.0 Å². The molecule has 2 aliphatic carbocycles. The number of nitro groups is 1. The average molecular weight is 501 g/mol. The number of amides is 2. The lowest BCUT2D eigenvalue weighted by Crippen LogP contribution is -2.68. The molecule has 1 aromatic carbocycles. The van der Waals surface area contributed by atoms with Crippen LogP contribution in [0.3, 0.4) is 0 Å². The third kappa shape index (κ3) is 6.07. The standard InChI is InChI=1S/C28H44N4O4/c1-3-30(4-2)19-12-20-31(26(33)22-13-11-18-25(21-22)32(35)36)28(27(29)34,23-14-7-5-8-15-23)24-16-9-6-10-17-24/h11,13,18,21,23-24H,3-10,12,14-17,19-20H2,1-2H3,(H2,29,34). The van der Waals surface area contributed by atoms with Gasteiger partial charge in [0.25, 0.3) is 11.6 Å². The summed E-state index contributed by atoms with van der Waals surface area (Å²) in [6.45, 7) is 7.30. The summed E-state index contributed by atoms with van der Waals surface area (Å²) in [6.07, 6.45) is 10.7. The zero-order valence-electron chi connectivity index (χ0n) is 22.1. The van der Waals surface area contributed by atoms with Crippen molar-refractivity contribution in [3.8, 4) is 0 Å². The van der Waals surface area contributed by atoms with Crippen LogP contribution in [-0.2, 0) is 4.79 Å². The fraction of sp³-hybridized carbons (Fsp3) is 0.714. The predicted molar refractivity (Wildman–Crippen MR) is 142 cm³/mol. The van der Waals surface area contributed by atoms with Crippen LogP contribution in [0.5, 0.6) is 0 Å². The van der Waals surface area contributed by atoms with Gasteiger partial charge in [-0.1, -0.05) is 58.4 Å². The molecule has 0 spiro atoms. The Kier molecular flexibility index (Phi) is 10.3. The molecule has 0 aliphatic heterocycles. The molecular weight excluding hydrogens is 456 g/mol. The van der Waals surface area contributed by atoms with Crippen molar-refractivity contribution in [2.24, 2.45) is 17.6 Å². The molecule has 200 valence electrons. The molecule has 0 bridgehead atoms. The molecule has 3 rings (SSSR count). The summed E-state index contributed by atoms with van der Waals surface area (Å²) in [5.41, 5.74) is 5.43. The number of nitrogens with zero attached hydrogens (tertiary/aromatic N) is 3. The molecule has 0 radical (unpaired) electrons. The fourth-order valence-electron chi connectivity index (χ4n) is 6.75. The van der Waals surface area contributed by atoms with Gasteiger partial charge in [0.05, 0.1) is 4.92 Å². The quantitative estimate of drug-likeness (QED) is 0.315. The zero-order valence-corrected chi connectivity index (χ0v) is 22.1. The maximum absolute atomic E-state index is 14.3. The summed E-state index contributed by atoms with van der Waals surface area (Å²) in [7, 11) is 0. The smallest absolute Gasteiger partial charge is 0.270 e. The Morgan fingerprint density at radius 1 is 0.972 bits per heavy atom. The second-order valence-corrected chi connectivity index (χ2v) is 10.5. The van der Waals surface area contributed by atoms with Crippen molar-refractivity contribution in [1.29, 1.82) is 0 Å². The van der Waals surface area contributed by atoms with Crippen LogP contribution in [0, 0.1) is 22.0 Å². The number of nitrogens with two attached hydrogens (primary N) is 1. The second kappa shape index (κ2) is 13.2. The first kappa shape index (κ1) is 28.1. The molecule has 0 aromatic heterocycles. The van der Waals surface area contributed by atoms with E-state index in [0.29, 0.717) is 6.54 Å². The van der Waals surface area contributed by atoms with E-state index < -0.39 is 16.4 Å². The Labute approximate surface area is 215 Å². The second-order valence-electron chi connectivity index (χ2n) is 10.5. The number of non-ortho nitro benzene ring substituents is 1. The van der Waals surface area contributed by atoms with Gasteiger partial charge in [-0.15, -0.1) is 0 Å². The van der Waals surface area contributed by atoms with E-state index in [2.05, 4.69) is 18.7 Å². The highest BCUT2D eigenvalue weighted by Crippen LogP contribution is 2.47. The number of carbonyl (C=O) groups is 2. The summed E-state index contributed by atoms with van der Waals surface area (Å²) >= 11 is 0. The summed E-state index contributed by atoms with van der Waals surface area (Å²) in [6, 6.07) is 5.91. The van der Waals surface area contributed by atoms with Crippen LogP contribution in [0.2, 0.25) is 0 Å². The van der Waals surface area contributed by atoms with Gasteiger partial charge in [0.2, 0.25) is 5.91 Å². The van der Waals surface area contributed by atoms with E-state index in [9.17, 15) is 19.7 Å². The van der Waals surface area contributed by atoms with Crippen LogP contribution < -0.4 is 5.73 Å². The Morgan fingerprint density at radius 3 is 2.00 bits per heavy atom. The summed E-state index contributed by atoms with van der Waals surface area (Å²) in [5.74, 6) is -0.679. The first-order valence-electron chi connectivity index (χ1n) is 13.9. The monoisotopic (exact) mass is 500 g/mol. The minimum Gasteiger partial charge on any atom is -0.368 e. The molecule has 0 heterocycles. The number of benzene rings is 1. The van der Waals surface area contributed by atoms with Crippen LogP contribution in [-0.4, -0.2) is 58.3 Å². The van der Waals surface area contributed by atoms with Gasteiger partial charge >= 0.3 is 0 Å². The highest BCUT2D eigenvalue weighted by molar-refractivity contribution is 5.99. The third-order valence-corrected chi connectivity index (χ3v) is 8.60. The molecule has 8 nitrogen and oxygen atoms in total. The molecule has 0 saturated heterocycles. The van der Waals surface area contributed by atoms with E-state index in [-0.39, 0.29) is 29.0 Å². The lowest BCUT2D eigenvalue weighted by Gasteiger charge is -2.53. The summed E-state index contributed by atoms with van der Waals surface area (Å²) < 4.78 is 0. The van der Waals surface area contributed by atoms with Crippen LogP contribution in [0.1, 0.15) is 94.8 Å². The first-order chi connectivity index (χ1) is 17.4. The van der Waals surface area contributed by atoms with Gasteiger partial charge in [-0.2, -0.15) is 0 Å². The van der Waals surface area contributed by atoms with Gasteiger partial charge in [0, 0.05) is 24.2 Å². The number of rotatable bonds is 12. The molecule has 2 amide bonds. The highest BCUT2D eigenvalue weighted by atomic mass is 16.6. The van der Waals surface area contributed by atoms with E-state index in [1.165, 1.54) is 12.1 Å². The van der Waals surface area contributed by atoms with Crippen LogP contribution in [0.25, 0.3) is 0 Å². The van der Waals surface area contributed by atoms with E-state index in [1.54, 1.807) is 17.0 Å².